The van der Waals surface area contributed by atoms with Crippen LogP contribution in [0.15, 0.2) is 17.1 Å². The third-order valence-corrected chi connectivity index (χ3v) is 7.61. The summed E-state index contributed by atoms with van der Waals surface area (Å²) >= 11 is 0. The number of carbonyl (C=O) groups is 5. The average molecular weight is 607 g/mol. The van der Waals surface area contributed by atoms with Gasteiger partial charge in [-0.25, -0.2) is 0 Å². The van der Waals surface area contributed by atoms with Crippen LogP contribution in [0.1, 0.15) is 98.3 Å². The first-order chi connectivity index (χ1) is 20.4. The van der Waals surface area contributed by atoms with Crippen molar-refractivity contribution in [2.24, 2.45) is 34.0 Å². The fourth-order valence-corrected chi connectivity index (χ4v) is 4.72. The predicted octanol–water partition coefficient (Wildman–Crippen LogP) is 0.857. The molecule has 5 amide bonds. The molecule has 1 heterocycles. The first kappa shape index (κ1) is 37.4. The van der Waals surface area contributed by atoms with Gasteiger partial charge in [0.2, 0.25) is 29.5 Å². The van der Waals surface area contributed by atoms with Crippen molar-refractivity contribution in [1.29, 1.82) is 0 Å². The molecule has 1 rings (SSSR count). The molecular formula is C30H54N8O5. The smallest absolute Gasteiger partial charge is 0.243 e. The van der Waals surface area contributed by atoms with Crippen LogP contribution < -0.4 is 38.5 Å². The Morgan fingerprint density at radius 1 is 0.977 bits per heavy atom. The number of guanidine groups is 1. The van der Waals surface area contributed by atoms with Gasteiger partial charge in [0.25, 0.3) is 0 Å². The molecule has 0 saturated heterocycles. The Morgan fingerprint density at radius 3 is 2.30 bits per heavy atom. The standard InChI is InChI=1S/C30H54N8O5/c1-5-20(4)25-29(43)36-21(15-11-9-7-6-8-10-12-17-23(39)37-25)27(41)35-22(16-13-14-18-34-30(32)33)28(42)38-24(19(2)3)26(31)40/h9,11,19-22,24-25H,5-8,10,12-18H2,1-4H3,(H2,31,40)(H,35,41)(H,36,43)(H,37,39)(H,38,42)(H4,32,33,34)/b11-9+/t20-,21+,22+,24+,25+/m1/s1. The number of nitrogens with two attached hydrogens (primary N) is 3. The van der Waals surface area contributed by atoms with Gasteiger partial charge in [-0.3, -0.25) is 29.0 Å². The van der Waals surface area contributed by atoms with Crippen molar-refractivity contribution in [3.63, 3.8) is 0 Å². The lowest BCUT2D eigenvalue weighted by Crippen LogP contribution is -2.59. The summed E-state index contributed by atoms with van der Waals surface area (Å²) < 4.78 is 0. The van der Waals surface area contributed by atoms with E-state index in [9.17, 15) is 24.0 Å². The number of amides is 5. The fourth-order valence-electron chi connectivity index (χ4n) is 4.72. The van der Waals surface area contributed by atoms with Crippen molar-refractivity contribution < 1.29 is 24.0 Å². The zero-order valence-electron chi connectivity index (χ0n) is 26.3. The minimum Gasteiger partial charge on any atom is -0.370 e. The van der Waals surface area contributed by atoms with Crippen LogP contribution in [0.2, 0.25) is 0 Å². The number of hydrogen-bond acceptors (Lipinski definition) is 6. The maximum absolute atomic E-state index is 13.6. The molecule has 0 bridgehead atoms. The maximum atomic E-state index is 13.6. The topological polar surface area (TPSA) is 224 Å². The monoisotopic (exact) mass is 606 g/mol. The fraction of sp³-hybridized carbons (Fsp3) is 0.733. The summed E-state index contributed by atoms with van der Waals surface area (Å²) in [4.78, 5) is 68.9. The SMILES string of the molecule is CC[C@@H](C)[C@@H]1NC(=O)CCCCCC/C=C/C[C@@H](C(=O)N[C@@H](CCCCN=C(N)N)C(=O)N[C@H](C(N)=O)C(C)C)NC1=O. The number of nitrogens with zero attached hydrogens (tertiary/aromatic N) is 1. The molecule has 0 aromatic carbocycles. The third kappa shape index (κ3) is 14.9. The van der Waals surface area contributed by atoms with Gasteiger partial charge in [-0.15, -0.1) is 0 Å². The van der Waals surface area contributed by atoms with Crippen LogP contribution in [-0.4, -0.2) is 66.2 Å². The molecule has 13 heteroatoms. The lowest BCUT2D eigenvalue weighted by molar-refractivity contribution is -0.135. The second kappa shape index (κ2) is 20.3. The zero-order valence-corrected chi connectivity index (χ0v) is 26.3. The number of unbranched alkanes of at least 4 members (excludes halogenated alkanes) is 1. The maximum Gasteiger partial charge on any atom is 0.243 e. The van der Waals surface area contributed by atoms with Crippen LogP contribution in [0.25, 0.3) is 0 Å². The van der Waals surface area contributed by atoms with Crippen molar-refractivity contribution >= 4 is 35.5 Å². The highest BCUT2D eigenvalue weighted by molar-refractivity contribution is 5.95. The summed E-state index contributed by atoms with van der Waals surface area (Å²) in [5.41, 5.74) is 16.3. The van der Waals surface area contributed by atoms with Crippen LogP contribution in [0, 0.1) is 11.8 Å². The number of carbonyl (C=O) groups excluding carboxylic acids is 5. The van der Waals surface area contributed by atoms with Gasteiger partial charge < -0.3 is 38.5 Å². The summed E-state index contributed by atoms with van der Waals surface area (Å²) in [6.07, 6.45) is 10.7. The van der Waals surface area contributed by atoms with Gasteiger partial charge in [0.15, 0.2) is 5.96 Å². The number of primary amides is 1. The lowest BCUT2D eigenvalue weighted by Gasteiger charge is -2.28. The van der Waals surface area contributed by atoms with E-state index in [1.165, 1.54) is 0 Å². The summed E-state index contributed by atoms with van der Waals surface area (Å²) in [6.45, 7) is 7.67. The highest BCUT2D eigenvalue weighted by atomic mass is 16.2. The molecule has 0 fully saturated rings. The van der Waals surface area contributed by atoms with Crippen LogP contribution in [0.3, 0.4) is 0 Å². The minimum absolute atomic E-state index is 0.0380. The van der Waals surface area contributed by atoms with Crippen LogP contribution in [0.4, 0.5) is 0 Å². The van der Waals surface area contributed by atoms with Gasteiger partial charge >= 0.3 is 0 Å². The second-order valence-electron chi connectivity index (χ2n) is 11.6. The summed E-state index contributed by atoms with van der Waals surface area (Å²) in [6, 6.07) is -3.73. The second-order valence-corrected chi connectivity index (χ2v) is 11.6. The van der Waals surface area contributed by atoms with E-state index >= 15 is 0 Å². The Labute approximate surface area is 256 Å². The van der Waals surface area contributed by atoms with Gasteiger partial charge in [0.05, 0.1) is 0 Å². The molecule has 10 N–H and O–H groups in total. The van der Waals surface area contributed by atoms with Gasteiger partial charge in [-0.2, -0.15) is 0 Å². The highest BCUT2D eigenvalue weighted by Gasteiger charge is 2.32. The molecule has 0 aromatic rings. The van der Waals surface area contributed by atoms with Crippen molar-refractivity contribution in [3.05, 3.63) is 12.2 Å². The van der Waals surface area contributed by atoms with E-state index in [1.54, 1.807) is 13.8 Å². The molecule has 244 valence electrons. The Morgan fingerprint density at radius 2 is 1.67 bits per heavy atom. The zero-order chi connectivity index (χ0) is 32.4. The number of hydrogen-bond donors (Lipinski definition) is 7. The van der Waals surface area contributed by atoms with E-state index in [2.05, 4.69) is 26.3 Å². The first-order valence-electron chi connectivity index (χ1n) is 15.6. The van der Waals surface area contributed by atoms with E-state index in [1.807, 2.05) is 26.0 Å². The minimum atomic E-state index is -1.00. The Bertz CT molecular complexity index is 980. The largest absolute Gasteiger partial charge is 0.370 e. The van der Waals surface area contributed by atoms with Gasteiger partial charge in [-0.1, -0.05) is 59.1 Å². The number of nitrogens with one attached hydrogen (secondary N) is 4. The Hall–Kier alpha value is -3.64. The van der Waals surface area contributed by atoms with Crippen LogP contribution in [0.5, 0.6) is 0 Å². The van der Waals surface area contributed by atoms with Crippen LogP contribution >= 0.6 is 0 Å². The van der Waals surface area contributed by atoms with Crippen molar-refractivity contribution in [1.82, 2.24) is 21.3 Å². The first-order valence-corrected chi connectivity index (χ1v) is 15.6. The summed E-state index contributed by atoms with van der Waals surface area (Å²) in [7, 11) is 0. The molecule has 13 nitrogen and oxygen atoms in total. The van der Waals surface area contributed by atoms with E-state index in [4.69, 9.17) is 17.2 Å². The summed E-state index contributed by atoms with van der Waals surface area (Å²) in [5, 5.41) is 11.1. The molecule has 0 spiro atoms. The quantitative estimate of drug-likeness (QED) is 0.0692. The number of aliphatic imine (C=N–C) groups is 1. The molecule has 0 unspecified atom stereocenters. The van der Waals surface area contributed by atoms with Gasteiger partial charge in [0.1, 0.15) is 24.2 Å². The normalized spacial score (nSPS) is 21.5. The van der Waals surface area contributed by atoms with E-state index in [0.29, 0.717) is 32.2 Å². The molecule has 0 saturated carbocycles. The van der Waals surface area contributed by atoms with Crippen molar-refractivity contribution in [3.8, 4) is 0 Å². The van der Waals surface area contributed by atoms with Gasteiger partial charge in [0, 0.05) is 13.0 Å². The molecule has 0 radical (unpaired) electrons. The molecule has 1 aliphatic heterocycles. The number of rotatable bonds is 13. The van der Waals surface area contributed by atoms with Crippen molar-refractivity contribution in [2.75, 3.05) is 6.54 Å². The molecule has 1 aliphatic rings. The van der Waals surface area contributed by atoms with E-state index in [-0.39, 0.29) is 36.5 Å². The summed E-state index contributed by atoms with van der Waals surface area (Å²) in [5.74, 6) is -2.91. The lowest BCUT2D eigenvalue weighted by atomic mass is 9.97. The van der Waals surface area contributed by atoms with Gasteiger partial charge in [-0.05, 0) is 56.8 Å². The molecule has 5 atom stereocenters. The molecule has 0 aromatic heterocycles. The Balaban J connectivity index is 3.21. The molecular weight excluding hydrogens is 552 g/mol. The van der Waals surface area contributed by atoms with Crippen molar-refractivity contribution in [2.45, 2.75) is 122 Å². The van der Waals surface area contributed by atoms with Crippen LogP contribution in [-0.2, 0) is 24.0 Å². The predicted molar refractivity (Wildman–Crippen MR) is 167 cm³/mol. The molecule has 43 heavy (non-hydrogen) atoms. The molecule has 0 aliphatic carbocycles. The average Bonchev–Trinajstić information content (AvgIpc) is 2.95. The highest BCUT2D eigenvalue weighted by Crippen LogP contribution is 2.13. The third-order valence-electron chi connectivity index (χ3n) is 7.61. The number of allylic oxidation sites excluding steroid dienone is 1. The Kier molecular flexibility index (Phi) is 17.6. The van der Waals surface area contributed by atoms with E-state index < -0.39 is 47.8 Å². The van der Waals surface area contributed by atoms with E-state index in [0.717, 1.165) is 32.1 Å².